The van der Waals surface area contributed by atoms with E-state index in [0.717, 1.165) is 10.1 Å². The van der Waals surface area contributed by atoms with E-state index in [1.54, 1.807) is 24.3 Å². The van der Waals surface area contributed by atoms with E-state index in [1.807, 2.05) is 24.3 Å². The molecule has 0 spiro atoms. The van der Waals surface area contributed by atoms with Gasteiger partial charge in [0.2, 0.25) is 0 Å². The fraction of sp³-hybridized carbons (Fsp3) is 0.158. The molecule has 0 aliphatic rings. The van der Waals surface area contributed by atoms with E-state index in [4.69, 9.17) is 14.2 Å². The van der Waals surface area contributed by atoms with Gasteiger partial charge in [-0.15, -0.1) is 11.3 Å². The number of thiophene rings is 1. The summed E-state index contributed by atoms with van der Waals surface area (Å²) in [5, 5.41) is 3.62. The fourth-order valence-corrected chi connectivity index (χ4v) is 3.35. The van der Waals surface area contributed by atoms with Crippen LogP contribution in [0.5, 0.6) is 11.5 Å². The third-order valence-electron chi connectivity index (χ3n) is 3.63. The Morgan fingerprint density at radius 1 is 1.00 bits per heavy atom. The van der Waals surface area contributed by atoms with Gasteiger partial charge >= 0.3 is 5.97 Å². The maximum absolute atomic E-state index is 12.1. The molecule has 1 amide bonds. The highest BCUT2D eigenvalue weighted by Crippen LogP contribution is 2.29. The van der Waals surface area contributed by atoms with E-state index in [1.165, 1.54) is 25.6 Å². The molecule has 3 aromatic rings. The van der Waals surface area contributed by atoms with Crippen molar-refractivity contribution in [3.8, 4) is 11.5 Å². The second-order valence-electron chi connectivity index (χ2n) is 5.34. The van der Waals surface area contributed by atoms with Crippen LogP contribution < -0.4 is 14.8 Å². The van der Waals surface area contributed by atoms with Gasteiger partial charge in [0, 0.05) is 16.5 Å². The van der Waals surface area contributed by atoms with Crippen LogP contribution in [-0.4, -0.2) is 32.7 Å². The summed E-state index contributed by atoms with van der Waals surface area (Å²) in [5.74, 6) is 0.0922. The number of anilines is 1. The van der Waals surface area contributed by atoms with Crippen LogP contribution in [0.25, 0.3) is 10.1 Å². The summed E-state index contributed by atoms with van der Waals surface area (Å²) < 4.78 is 16.4. The van der Waals surface area contributed by atoms with Crippen LogP contribution in [0.4, 0.5) is 5.69 Å². The molecular weight excluding hydrogens is 354 g/mol. The summed E-state index contributed by atoms with van der Waals surface area (Å²) >= 11 is 1.33. The van der Waals surface area contributed by atoms with Gasteiger partial charge in [0.25, 0.3) is 5.91 Å². The zero-order chi connectivity index (χ0) is 18.5. The highest BCUT2D eigenvalue weighted by molar-refractivity contribution is 7.20. The van der Waals surface area contributed by atoms with Crippen molar-refractivity contribution in [2.24, 2.45) is 0 Å². The SMILES string of the molecule is COc1ccc(NC(=O)COC(=O)c2cc3ccccc3s2)cc1OC. The van der Waals surface area contributed by atoms with Gasteiger partial charge in [0.15, 0.2) is 18.1 Å². The molecular formula is C19H17NO5S. The van der Waals surface area contributed by atoms with Gasteiger partial charge in [0.05, 0.1) is 14.2 Å². The van der Waals surface area contributed by atoms with E-state index in [-0.39, 0.29) is 6.61 Å². The lowest BCUT2D eigenvalue weighted by atomic mass is 10.2. The Balaban J connectivity index is 1.59. The Labute approximate surface area is 154 Å². The van der Waals surface area contributed by atoms with Gasteiger partial charge in [-0.2, -0.15) is 0 Å². The van der Waals surface area contributed by atoms with Crippen LogP contribution in [0.2, 0.25) is 0 Å². The number of benzene rings is 2. The molecule has 1 N–H and O–H groups in total. The topological polar surface area (TPSA) is 73.9 Å². The van der Waals surface area contributed by atoms with E-state index in [9.17, 15) is 9.59 Å². The molecule has 0 saturated heterocycles. The van der Waals surface area contributed by atoms with Crippen molar-refractivity contribution in [2.75, 3.05) is 26.1 Å². The Morgan fingerprint density at radius 3 is 2.50 bits per heavy atom. The molecule has 0 aliphatic heterocycles. The molecule has 1 heterocycles. The normalized spacial score (nSPS) is 10.4. The van der Waals surface area contributed by atoms with Gasteiger partial charge in [-0.25, -0.2) is 4.79 Å². The second kappa shape index (κ2) is 7.88. The van der Waals surface area contributed by atoms with Gasteiger partial charge in [-0.3, -0.25) is 4.79 Å². The molecule has 3 rings (SSSR count). The molecule has 0 fully saturated rings. The van der Waals surface area contributed by atoms with Crippen LogP contribution in [0.1, 0.15) is 9.67 Å². The van der Waals surface area contributed by atoms with E-state index in [2.05, 4.69) is 5.32 Å². The summed E-state index contributed by atoms with van der Waals surface area (Å²) in [6.45, 7) is -0.374. The van der Waals surface area contributed by atoms with Crippen molar-refractivity contribution in [3.63, 3.8) is 0 Å². The third-order valence-corrected chi connectivity index (χ3v) is 4.72. The summed E-state index contributed by atoms with van der Waals surface area (Å²) in [6.07, 6.45) is 0. The van der Waals surface area contributed by atoms with Crippen molar-refractivity contribution < 1.29 is 23.8 Å². The first-order chi connectivity index (χ1) is 12.6. The zero-order valence-electron chi connectivity index (χ0n) is 14.3. The van der Waals surface area contributed by atoms with Crippen LogP contribution in [-0.2, 0) is 9.53 Å². The number of carbonyl (C=O) groups excluding carboxylic acids is 2. The lowest BCUT2D eigenvalue weighted by Crippen LogP contribution is -2.20. The minimum absolute atomic E-state index is 0.374. The van der Waals surface area contributed by atoms with Crippen molar-refractivity contribution in [2.45, 2.75) is 0 Å². The molecule has 0 aliphatic carbocycles. The monoisotopic (exact) mass is 371 g/mol. The molecule has 6 nitrogen and oxygen atoms in total. The summed E-state index contributed by atoms with van der Waals surface area (Å²) in [5.41, 5.74) is 0.519. The van der Waals surface area contributed by atoms with Crippen LogP contribution in [0.3, 0.4) is 0 Å². The molecule has 134 valence electrons. The highest BCUT2D eigenvalue weighted by Gasteiger charge is 2.14. The minimum atomic E-state index is -0.520. The summed E-state index contributed by atoms with van der Waals surface area (Å²) in [6, 6.07) is 14.4. The molecule has 0 saturated carbocycles. The Morgan fingerprint density at radius 2 is 1.77 bits per heavy atom. The number of esters is 1. The first-order valence-corrected chi connectivity index (χ1v) is 8.60. The predicted octanol–water partition coefficient (Wildman–Crippen LogP) is 3.71. The molecule has 0 unspecified atom stereocenters. The number of hydrogen-bond acceptors (Lipinski definition) is 6. The largest absolute Gasteiger partial charge is 0.493 e. The zero-order valence-corrected chi connectivity index (χ0v) is 15.1. The third kappa shape index (κ3) is 3.94. The number of methoxy groups -OCH3 is 2. The maximum atomic E-state index is 12.1. The lowest BCUT2D eigenvalue weighted by Gasteiger charge is -2.10. The minimum Gasteiger partial charge on any atom is -0.493 e. The number of nitrogens with one attached hydrogen (secondary N) is 1. The predicted molar refractivity (Wildman–Crippen MR) is 100 cm³/mol. The van der Waals surface area contributed by atoms with Gasteiger partial charge in [0.1, 0.15) is 4.88 Å². The Hall–Kier alpha value is -3.06. The molecule has 0 atom stereocenters. The highest BCUT2D eigenvalue weighted by atomic mass is 32.1. The lowest BCUT2D eigenvalue weighted by molar-refractivity contribution is -0.119. The van der Waals surface area contributed by atoms with Crippen molar-refractivity contribution in [1.82, 2.24) is 0 Å². The number of ether oxygens (including phenoxy) is 3. The van der Waals surface area contributed by atoms with E-state index < -0.39 is 11.9 Å². The Kier molecular flexibility index (Phi) is 5.38. The van der Waals surface area contributed by atoms with E-state index >= 15 is 0 Å². The first kappa shape index (κ1) is 17.8. The Bertz CT molecular complexity index is 917. The number of amides is 1. The number of carbonyl (C=O) groups is 2. The molecule has 2 aromatic carbocycles. The van der Waals surface area contributed by atoms with Gasteiger partial charge in [-0.1, -0.05) is 18.2 Å². The average Bonchev–Trinajstić information content (AvgIpc) is 3.10. The molecule has 26 heavy (non-hydrogen) atoms. The number of fused-ring (bicyclic) bond motifs is 1. The quantitative estimate of drug-likeness (QED) is 0.669. The van der Waals surface area contributed by atoms with Crippen LogP contribution in [0.15, 0.2) is 48.5 Å². The van der Waals surface area contributed by atoms with Crippen LogP contribution >= 0.6 is 11.3 Å². The second-order valence-corrected chi connectivity index (χ2v) is 6.43. The first-order valence-electron chi connectivity index (χ1n) is 7.78. The molecule has 0 radical (unpaired) electrons. The average molecular weight is 371 g/mol. The van der Waals surface area contributed by atoms with Crippen molar-refractivity contribution in [1.29, 1.82) is 0 Å². The molecule has 1 aromatic heterocycles. The van der Waals surface area contributed by atoms with Gasteiger partial charge < -0.3 is 19.5 Å². The number of hydrogen-bond donors (Lipinski definition) is 1. The standard InChI is InChI=1S/C19H17NO5S/c1-23-14-8-7-13(10-15(14)24-2)20-18(21)11-25-19(22)17-9-12-5-3-4-6-16(12)26-17/h3-10H,11H2,1-2H3,(H,20,21). The smallest absolute Gasteiger partial charge is 0.348 e. The fourth-order valence-electron chi connectivity index (χ4n) is 2.40. The molecule has 0 bridgehead atoms. The van der Waals surface area contributed by atoms with Crippen LogP contribution in [0, 0.1) is 0 Å². The summed E-state index contributed by atoms with van der Waals surface area (Å²) in [4.78, 5) is 24.6. The maximum Gasteiger partial charge on any atom is 0.348 e. The van der Waals surface area contributed by atoms with Crippen molar-refractivity contribution in [3.05, 3.63) is 53.4 Å². The van der Waals surface area contributed by atoms with Crippen molar-refractivity contribution >= 4 is 39.0 Å². The van der Waals surface area contributed by atoms with Gasteiger partial charge in [-0.05, 0) is 29.7 Å². The summed E-state index contributed by atoms with van der Waals surface area (Å²) in [7, 11) is 3.04. The number of rotatable bonds is 6. The molecule has 7 heteroatoms. The van der Waals surface area contributed by atoms with E-state index in [0.29, 0.717) is 22.1 Å².